The van der Waals surface area contributed by atoms with Gasteiger partial charge in [0.15, 0.2) is 5.82 Å². The molecular weight excluding hydrogens is 230 g/mol. The predicted molar refractivity (Wildman–Crippen MR) is 69.6 cm³/mol. The molecule has 6 nitrogen and oxygen atoms in total. The summed E-state index contributed by atoms with van der Waals surface area (Å²) in [6.07, 6.45) is 3.52. The van der Waals surface area contributed by atoms with Crippen LogP contribution in [0, 0.1) is 0 Å². The van der Waals surface area contributed by atoms with Gasteiger partial charge in [-0.1, -0.05) is 0 Å². The third-order valence-corrected chi connectivity index (χ3v) is 3.37. The number of nitrogen functional groups attached to an aromatic ring is 1. The number of aliphatic imine (C=N–C) groups is 1. The Kier molecular flexibility index (Phi) is 2.50. The Morgan fingerprint density at radius 3 is 2.61 bits per heavy atom. The van der Waals surface area contributed by atoms with Gasteiger partial charge in [0.1, 0.15) is 11.4 Å². The van der Waals surface area contributed by atoms with E-state index in [-0.39, 0.29) is 11.6 Å². The van der Waals surface area contributed by atoms with Crippen LogP contribution in [0.15, 0.2) is 4.99 Å². The first-order valence-corrected chi connectivity index (χ1v) is 6.19. The minimum absolute atomic E-state index is 0.160. The van der Waals surface area contributed by atoms with E-state index in [4.69, 9.17) is 5.73 Å². The topological polar surface area (TPSA) is 84.5 Å². The van der Waals surface area contributed by atoms with Gasteiger partial charge in [0.2, 0.25) is 11.7 Å². The Bertz CT molecular complexity index is 546. The number of ketones is 1. The molecule has 3 rings (SSSR count). The number of anilines is 2. The lowest BCUT2D eigenvalue weighted by Gasteiger charge is -2.26. The second-order valence-electron chi connectivity index (χ2n) is 4.68. The fraction of sp³-hybridized carbons (Fsp3) is 0.500. The van der Waals surface area contributed by atoms with Crippen molar-refractivity contribution in [2.24, 2.45) is 4.99 Å². The largest absolute Gasteiger partial charge is 0.383 e. The predicted octanol–water partition coefficient (Wildman–Crippen LogP) is 1.34. The van der Waals surface area contributed by atoms with Gasteiger partial charge < -0.3 is 10.6 Å². The maximum Gasteiger partial charge on any atom is 0.229 e. The molecule has 6 heteroatoms. The van der Waals surface area contributed by atoms with Crippen molar-refractivity contribution in [2.75, 3.05) is 23.7 Å². The highest BCUT2D eigenvalue weighted by atomic mass is 16.1. The van der Waals surface area contributed by atoms with E-state index in [2.05, 4.69) is 19.9 Å². The lowest BCUT2D eigenvalue weighted by Crippen LogP contribution is -2.31. The fourth-order valence-corrected chi connectivity index (χ4v) is 2.38. The van der Waals surface area contributed by atoms with Crippen molar-refractivity contribution in [1.29, 1.82) is 0 Å². The molecule has 0 unspecified atom stereocenters. The summed E-state index contributed by atoms with van der Waals surface area (Å²) in [5.74, 6) is 1.10. The number of hydrogen-bond acceptors (Lipinski definition) is 6. The van der Waals surface area contributed by atoms with E-state index in [1.807, 2.05) is 0 Å². The molecule has 1 aromatic rings. The summed E-state index contributed by atoms with van der Waals surface area (Å²) in [6.45, 7) is 3.55. The molecule has 3 heterocycles. The average molecular weight is 245 g/mol. The van der Waals surface area contributed by atoms with Gasteiger partial charge in [-0.3, -0.25) is 4.79 Å². The van der Waals surface area contributed by atoms with Crippen LogP contribution in [0.5, 0.6) is 0 Å². The monoisotopic (exact) mass is 245 g/mol. The summed E-state index contributed by atoms with van der Waals surface area (Å²) in [4.78, 5) is 26.7. The van der Waals surface area contributed by atoms with Gasteiger partial charge in [0.25, 0.3) is 0 Å². The van der Waals surface area contributed by atoms with Crippen molar-refractivity contribution >= 4 is 29.1 Å². The molecule has 1 aromatic heterocycles. The quantitative estimate of drug-likeness (QED) is 0.807. The number of fused-ring (bicyclic) bond motifs is 1. The standard InChI is InChI=1S/C12H15N5O/c1-7-9(18)8-10(13)15-12(16-11(8)14-7)17-5-3-2-4-6-17/h2-6H2,1H3,(H2,13,15,16). The van der Waals surface area contributed by atoms with Crippen LogP contribution in [0.1, 0.15) is 36.5 Å². The van der Waals surface area contributed by atoms with Gasteiger partial charge >= 0.3 is 0 Å². The number of hydrogen-bond donors (Lipinski definition) is 1. The van der Waals surface area contributed by atoms with Crippen molar-refractivity contribution in [3.63, 3.8) is 0 Å². The maximum absolute atomic E-state index is 11.8. The van der Waals surface area contributed by atoms with Crippen LogP contribution < -0.4 is 10.6 Å². The van der Waals surface area contributed by atoms with Gasteiger partial charge in [-0.25, -0.2) is 4.99 Å². The normalized spacial score (nSPS) is 18.8. The Morgan fingerprint density at radius 2 is 1.89 bits per heavy atom. The molecule has 94 valence electrons. The van der Waals surface area contributed by atoms with E-state index >= 15 is 0 Å². The molecule has 1 fully saturated rings. The molecule has 18 heavy (non-hydrogen) atoms. The van der Waals surface area contributed by atoms with Gasteiger partial charge in [-0.15, -0.1) is 0 Å². The first-order valence-electron chi connectivity index (χ1n) is 6.19. The lowest BCUT2D eigenvalue weighted by molar-refractivity contribution is 0.106. The molecule has 0 aliphatic carbocycles. The number of rotatable bonds is 1. The number of nitrogens with two attached hydrogens (primary N) is 1. The summed E-state index contributed by atoms with van der Waals surface area (Å²) < 4.78 is 0. The summed E-state index contributed by atoms with van der Waals surface area (Å²) >= 11 is 0. The maximum atomic E-state index is 11.8. The Balaban J connectivity index is 2.01. The van der Waals surface area contributed by atoms with E-state index in [1.165, 1.54) is 6.42 Å². The zero-order chi connectivity index (χ0) is 12.7. The minimum atomic E-state index is -0.160. The first-order chi connectivity index (χ1) is 8.66. The molecule has 0 radical (unpaired) electrons. The first kappa shape index (κ1) is 11.1. The van der Waals surface area contributed by atoms with Gasteiger partial charge in [0.05, 0.1) is 5.71 Å². The average Bonchev–Trinajstić information content (AvgIpc) is 2.66. The van der Waals surface area contributed by atoms with Crippen molar-refractivity contribution in [3.05, 3.63) is 5.56 Å². The Morgan fingerprint density at radius 1 is 1.17 bits per heavy atom. The van der Waals surface area contributed by atoms with E-state index in [9.17, 15) is 4.79 Å². The minimum Gasteiger partial charge on any atom is -0.383 e. The van der Waals surface area contributed by atoms with Crippen molar-refractivity contribution < 1.29 is 4.79 Å². The number of carbonyl (C=O) groups is 1. The second-order valence-corrected chi connectivity index (χ2v) is 4.68. The molecule has 1 saturated heterocycles. The molecule has 0 spiro atoms. The van der Waals surface area contributed by atoms with Crippen LogP contribution in [0.3, 0.4) is 0 Å². The van der Waals surface area contributed by atoms with E-state index in [0.29, 0.717) is 23.0 Å². The highest BCUT2D eigenvalue weighted by molar-refractivity contribution is 6.49. The molecule has 2 aliphatic heterocycles. The summed E-state index contributed by atoms with van der Waals surface area (Å²) in [5, 5.41) is 0. The number of aromatic nitrogens is 2. The zero-order valence-electron chi connectivity index (χ0n) is 10.3. The molecule has 0 amide bonds. The summed E-state index contributed by atoms with van der Waals surface area (Å²) in [5.41, 5.74) is 6.65. The van der Waals surface area contributed by atoms with Crippen LogP contribution in [0.2, 0.25) is 0 Å². The van der Waals surface area contributed by atoms with Gasteiger partial charge in [-0.2, -0.15) is 9.97 Å². The molecule has 0 saturated carbocycles. The molecule has 0 bridgehead atoms. The number of Topliss-reactive ketones (excluding diaryl/α,β-unsaturated/α-hetero) is 1. The third kappa shape index (κ3) is 1.64. The van der Waals surface area contributed by atoms with E-state index in [1.54, 1.807) is 6.92 Å². The smallest absolute Gasteiger partial charge is 0.229 e. The van der Waals surface area contributed by atoms with Crippen LogP contribution >= 0.6 is 0 Å². The van der Waals surface area contributed by atoms with Gasteiger partial charge in [-0.05, 0) is 26.2 Å². The Labute approximate surface area is 105 Å². The molecule has 0 atom stereocenters. The summed E-state index contributed by atoms with van der Waals surface area (Å²) in [6, 6.07) is 0. The lowest BCUT2D eigenvalue weighted by atomic mass is 10.1. The third-order valence-electron chi connectivity index (χ3n) is 3.37. The molecule has 0 aromatic carbocycles. The van der Waals surface area contributed by atoms with Crippen LogP contribution in [0.25, 0.3) is 0 Å². The zero-order valence-corrected chi connectivity index (χ0v) is 10.3. The van der Waals surface area contributed by atoms with Crippen molar-refractivity contribution in [1.82, 2.24) is 9.97 Å². The van der Waals surface area contributed by atoms with Crippen molar-refractivity contribution in [2.45, 2.75) is 26.2 Å². The molecular formula is C12H15N5O. The molecule has 2 aliphatic rings. The Hall–Kier alpha value is -1.98. The van der Waals surface area contributed by atoms with Crippen LogP contribution in [0.4, 0.5) is 17.6 Å². The molecule has 2 N–H and O–H groups in total. The summed E-state index contributed by atoms with van der Waals surface area (Å²) in [7, 11) is 0. The van der Waals surface area contributed by atoms with Crippen LogP contribution in [-0.2, 0) is 0 Å². The number of piperidine rings is 1. The highest BCUT2D eigenvalue weighted by Crippen LogP contribution is 2.31. The highest BCUT2D eigenvalue weighted by Gasteiger charge is 2.28. The van der Waals surface area contributed by atoms with Gasteiger partial charge in [0, 0.05) is 13.1 Å². The van der Waals surface area contributed by atoms with Crippen molar-refractivity contribution in [3.8, 4) is 0 Å². The fourth-order valence-electron chi connectivity index (χ4n) is 2.38. The van der Waals surface area contributed by atoms with E-state index in [0.717, 1.165) is 25.9 Å². The van der Waals surface area contributed by atoms with Crippen LogP contribution in [-0.4, -0.2) is 34.6 Å². The second kappa shape index (κ2) is 4.04. The number of carbonyl (C=O) groups excluding carboxylic acids is 1. The van der Waals surface area contributed by atoms with E-state index < -0.39 is 0 Å². The SMILES string of the molecule is CC1=Nc2nc(N3CCCCC3)nc(N)c2C1=O. The number of nitrogens with zero attached hydrogens (tertiary/aromatic N) is 4.